The summed E-state index contributed by atoms with van der Waals surface area (Å²) >= 11 is 0. The van der Waals surface area contributed by atoms with Crippen molar-refractivity contribution in [1.29, 1.82) is 0 Å². The lowest BCUT2D eigenvalue weighted by atomic mass is 9.83. The monoisotopic (exact) mass is 960 g/mol. The van der Waals surface area contributed by atoms with Crippen molar-refractivity contribution in [3.05, 3.63) is 116 Å². The van der Waals surface area contributed by atoms with Gasteiger partial charge in [-0.1, -0.05) is 173 Å². The van der Waals surface area contributed by atoms with Gasteiger partial charge in [0.1, 0.15) is 0 Å². The van der Waals surface area contributed by atoms with Crippen molar-refractivity contribution < 1.29 is 4.79 Å². The summed E-state index contributed by atoms with van der Waals surface area (Å²) in [5.41, 5.74) is 17.8. The Hall–Kier alpha value is -3.58. The molecule has 3 aromatic carbocycles. The van der Waals surface area contributed by atoms with Gasteiger partial charge < -0.3 is 10.6 Å². The normalized spacial score (nSPS) is 17.1. The molecule has 0 atom stereocenters. The predicted octanol–water partition coefficient (Wildman–Crippen LogP) is 15.9. The zero-order valence-corrected chi connectivity index (χ0v) is 49.7. The number of carbonyl (C=O) groups is 1. The number of fused-ring (bicyclic) bond motifs is 3. The lowest BCUT2D eigenvalue weighted by Gasteiger charge is -2.39. The molecular weight excluding hydrogens is 855 g/mol. The third kappa shape index (κ3) is 19.1. The van der Waals surface area contributed by atoms with Gasteiger partial charge in [0, 0.05) is 80.0 Å². The Morgan fingerprint density at radius 2 is 0.914 bits per heavy atom. The van der Waals surface area contributed by atoms with Crippen LogP contribution in [-0.2, 0) is 48.8 Å². The smallest absolute Gasteiger partial charge is 0.251 e. The van der Waals surface area contributed by atoms with Gasteiger partial charge in [0.25, 0.3) is 5.91 Å². The van der Waals surface area contributed by atoms with Gasteiger partial charge in [-0.3, -0.25) is 19.6 Å². The maximum atomic E-state index is 11.4. The molecule has 0 fully saturated rings. The molecule has 0 spiro atoms. The van der Waals surface area contributed by atoms with Crippen LogP contribution in [0.5, 0.6) is 0 Å². The van der Waals surface area contributed by atoms with Crippen LogP contribution in [0.3, 0.4) is 0 Å². The van der Waals surface area contributed by atoms with Crippen LogP contribution >= 0.6 is 0 Å². The third-order valence-corrected chi connectivity index (χ3v) is 13.3. The number of nitrogens with zero attached hydrogens (tertiary/aromatic N) is 3. The van der Waals surface area contributed by atoms with E-state index in [-0.39, 0.29) is 38.6 Å². The van der Waals surface area contributed by atoms with Crippen LogP contribution in [0.4, 0.5) is 0 Å². The molecule has 3 aromatic rings. The maximum Gasteiger partial charge on any atom is 0.251 e. The molecule has 0 aliphatic carbocycles. The first kappa shape index (κ1) is 60.7. The molecule has 0 saturated heterocycles. The minimum Gasteiger partial charge on any atom is -0.348 e. The molecule has 0 bridgehead atoms. The lowest BCUT2D eigenvalue weighted by molar-refractivity contribution is 0.0965. The van der Waals surface area contributed by atoms with Crippen LogP contribution < -0.4 is 10.6 Å². The van der Waals surface area contributed by atoms with Crippen molar-refractivity contribution >= 4 is 11.6 Å². The van der Waals surface area contributed by atoms with Crippen LogP contribution in [0.25, 0.3) is 0 Å². The molecule has 0 radical (unpaired) electrons. The second kappa shape index (κ2) is 24.4. The Morgan fingerprint density at radius 1 is 0.486 bits per heavy atom. The van der Waals surface area contributed by atoms with Crippen molar-refractivity contribution in [2.75, 3.05) is 19.6 Å². The molecule has 2 N–H and O–H groups in total. The van der Waals surface area contributed by atoms with Crippen molar-refractivity contribution in [1.82, 2.24) is 20.4 Å². The van der Waals surface area contributed by atoms with E-state index in [0.29, 0.717) is 6.54 Å². The fraction of sp³-hybridized carbons (Fsp3) is 0.656. The molecule has 5 aliphatic heterocycles. The highest BCUT2D eigenvalue weighted by Gasteiger charge is 2.33. The Morgan fingerprint density at radius 3 is 1.40 bits per heavy atom. The van der Waals surface area contributed by atoms with Crippen molar-refractivity contribution in [3.63, 3.8) is 0 Å². The van der Waals surface area contributed by atoms with Gasteiger partial charge >= 0.3 is 0 Å². The van der Waals surface area contributed by atoms with Crippen molar-refractivity contribution in [3.8, 4) is 0 Å². The maximum absolute atomic E-state index is 11.4. The Bertz CT molecular complexity index is 2220. The standard InChI is InChI=1S/C17H27N.C15H26N2.C12H15NO.C12H17N.2C4H10/c1-16(2,3)15-8-7-14-12-18(17(4,5)6)10-9-13(14)11-15;1-14(2,3)13-9-11-7-8-17(15(4,5)6)10-12(11)16-13;1-12(2,3)9-5-4-8-7-13-11(14)10(8)6-9;1-12(2,3)11-5-4-9-7-13-8-10(9)6-11;2*1-4(2)3/h7-8,11H,9-10,12H2,1-6H3;7-10H2,1-6H3;4-6H,7H2,1-3H3,(H,13,14);4-6,13H,7-8H2,1-3H3;2*4H,1-3H3. The van der Waals surface area contributed by atoms with Crippen molar-refractivity contribution in [2.45, 2.75) is 239 Å². The molecule has 1 amide bonds. The van der Waals surface area contributed by atoms with Gasteiger partial charge in [-0.15, -0.1) is 0 Å². The van der Waals surface area contributed by atoms with Crippen molar-refractivity contribution in [2.24, 2.45) is 22.2 Å². The minimum absolute atomic E-state index is 0.0612. The molecule has 6 heteroatoms. The molecule has 5 heterocycles. The topological polar surface area (TPSA) is 60.0 Å². The number of amides is 1. The average Bonchev–Trinajstić information content (AvgIpc) is 3.97. The van der Waals surface area contributed by atoms with E-state index in [1.54, 1.807) is 11.1 Å². The third-order valence-electron chi connectivity index (χ3n) is 13.3. The molecule has 0 aromatic heterocycles. The number of rotatable bonds is 0. The van der Waals surface area contributed by atoms with E-state index in [4.69, 9.17) is 4.99 Å². The van der Waals surface area contributed by atoms with E-state index < -0.39 is 0 Å². The molecule has 8 rings (SSSR count). The lowest BCUT2D eigenvalue weighted by Crippen LogP contribution is -2.44. The zero-order chi connectivity index (χ0) is 53.4. The summed E-state index contributed by atoms with van der Waals surface area (Å²) in [7, 11) is 0. The largest absolute Gasteiger partial charge is 0.348 e. The van der Waals surface area contributed by atoms with E-state index in [0.717, 1.165) is 55.6 Å². The first-order valence-corrected chi connectivity index (χ1v) is 27.0. The molecule has 0 saturated carbocycles. The van der Waals surface area contributed by atoms with Gasteiger partial charge in [-0.2, -0.15) is 0 Å². The molecule has 0 unspecified atom stereocenters. The van der Waals surface area contributed by atoms with Gasteiger partial charge in [-0.25, -0.2) is 0 Å². The van der Waals surface area contributed by atoms with Crippen LogP contribution in [0, 0.1) is 17.3 Å². The van der Waals surface area contributed by atoms with E-state index >= 15 is 0 Å². The second-order valence-corrected chi connectivity index (χ2v) is 28.1. The Balaban J connectivity index is 0.000000236. The van der Waals surface area contributed by atoms with E-state index in [9.17, 15) is 4.79 Å². The fourth-order valence-corrected chi connectivity index (χ4v) is 8.53. The molecular formula is C64H105N5O. The molecule has 5 aliphatic rings. The molecule has 6 nitrogen and oxygen atoms in total. The Kier molecular flexibility index (Phi) is 21.2. The SMILES string of the molecule is CC(C)(C)C1=NC2=C(CCN(C(C)(C)C)C2)C1.CC(C)(C)c1ccc2c(c1)C(=O)NC2.CC(C)(C)c1ccc2c(c1)CCN(C(C)(C)C)C2.CC(C)(C)c1ccc2c(c1)CNC2.CC(C)C.CC(C)C. The van der Waals surface area contributed by atoms with Gasteiger partial charge in [0.2, 0.25) is 0 Å². The van der Waals surface area contributed by atoms with E-state index in [1.165, 1.54) is 70.7 Å². The number of benzene rings is 3. The number of carbonyl (C=O) groups excluding carboxylic acids is 1. The molecule has 392 valence electrons. The summed E-state index contributed by atoms with van der Waals surface area (Å²) in [4.78, 5) is 21.5. The highest BCUT2D eigenvalue weighted by Crippen LogP contribution is 2.36. The van der Waals surface area contributed by atoms with Gasteiger partial charge in [0.05, 0.1) is 5.70 Å². The number of hydrogen-bond acceptors (Lipinski definition) is 5. The summed E-state index contributed by atoms with van der Waals surface area (Å²) in [5, 5.41) is 6.19. The predicted molar refractivity (Wildman–Crippen MR) is 307 cm³/mol. The minimum atomic E-state index is 0.0612. The highest BCUT2D eigenvalue weighted by atomic mass is 16.1. The van der Waals surface area contributed by atoms with Crippen LogP contribution in [0.2, 0.25) is 0 Å². The zero-order valence-electron chi connectivity index (χ0n) is 49.7. The average molecular weight is 961 g/mol. The molecule has 70 heavy (non-hydrogen) atoms. The summed E-state index contributed by atoms with van der Waals surface area (Å²) in [6, 6.07) is 20.1. The van der Waals surface area contributed by atoms with Crippen LogP contribution in [-0.4, -0.2) is 52.1 Å². The number of aliphatic imine (C=N–C) groups is 1. The summed E-state index contributed by atoms with van der Waals surface area (Å²) in [6.07, 6.45) is 3.52. The van der Waals surface area contributed by atoms with Gasteiger partial charge in [-0.05, 0) is 139 Å². The first-order valence-electron chi connectivity index (χ1n) is 27.0. The quantitative estimate of drug-likeness (QED) is 0.236. The first-order chi connectivity index (χ1) is 31.9. The highest BCUT2D eigenvalue weighted by molar-refractivity contribution is 5.98. The van der Waals surface area contributed by atoms with Crippen LogP contribution in [0.15, 0.2) is 70.9 Å². The van der Waals surface area contributed by atoms with Crippen LogP contribution in [0.1, 0.15) is 234 Å². The summed E-state index contributed by atoms with van der Waals surface area (Å²) in [6.45, 7) is 61.0. The number of hydrogen-bond donors (Lipinski definition) is 2. The Labute approximate surface area is 431 Å². The van der Waals surface area contributed by atoms with Gasteiger partial charge in [0.15, 0.2) is 0 Å². The van der Waals surface area contributed by atoms with E-state index in [1.807, 2.05) is 12.1 Å². The second-order valence-electron chi connectivity index (χ2n) is 28.1. The summed E-state index contributed by atoms with van der Waals surface area (Å²) in [5.74, 6) is 1.73. The van der Waals surface area contributed by atoms with E-state index in [2.05, 4.69) is 229 Å². The fourth-order valence-electron chi connectivity index (χ4n) is 8.53. The summed E-state index contributed by atoms with van der Waals surface area (Å²) < 4.78 is 0. The number of nitrogens with one attached hydrogen (secondary N) is 2.